The van der Waals surface area contributed by atoms with Crippen LogP contribution in [0.25, 0.3) is 0 Å². The van der Waals surface area contributed by atoms with Gasteiger partial charge in [-0.05, 0) is 19.8 Å². The standard InChI is InChI=1S/C9H13NO/c1-8-6-9(7-11-8)10-4-2-3-5-10/h6-7H,2-5H2,1H3. The lowest BCUT2D eigenvalue weighted by atomic mass is 10.4. The van der Waals surface area contributed by atoms with E-state index in [1.54, 1.807) is 0 Å². The molecule has 0 aliphatic carbocycles. The van der Waals surface area contributed by atoms with Gasteiger partial charge in [0.1, 0.15) is 12.0 Å². The third kappa shape index (κ3) is 1.25. The van der Waals surface area contributed by atoms with Gasteiger partial charge in [0.15, 0.2) is 0 Å². The molecule has 0 radical (unpaired) electrons. The molecular weight excluding hydrogens is 138 g/mol. The minimum Gasteiger partial charge on any atom is -0.467 e. The average Bonchev–Trinajstić information content (AvgIpc) is 2.55. The second-order valence-corrected chi connectivity index (χ2v) is 3.11. The van der Waals surface area contributed by atoms with Crippen molar-refractivity contribution < 1.29 is 4.42 Å². The number of hydrogen-bond donors (Lipinski definition) is 0. The van der Waals surface area contributed by atoms with Crippen LogP contribution >= 0.6 is 0 Å². The van der Waals surface area contributed by atoms with E-state index in [-0.39, 0.29) is 0 Å². The monoisotopic (exact) mass is 151 g/mol. The zero-order valence-electron chi connectivity index (χ0n) is 6.84. The normalized spacial score (nSPS) is 17.7. The molecule has 60 valence electrons. The topological polar surface area (TPSA) is 16.4 Å². The zero-order chi connectivity index (χ0) is 7.68. The second kappa shape index (κ2) is 2.61. The summed E-state index contributed by atoms with van der Waals surface area (Å²) in [5, 5.41) is 0. The van der Waals surface area contributed by atoms with Gasteiger partial charge < -0.3 is 9.32 Å². The summed E-state index contributed by atoms with van der Waals surface area (Å²) in [5.74, 6) is 1.01. The molecule has 11 heavy (non-hydrogen) atoms. The Balaban J connectivity index is 2.15. The Labute approximate surface area is 66.8 Å². The zero-order valence-corrected chi connectivity index (χ0v) is 6.84. The number of nitrogens with zero attached hydrogens (tertiary/aromatic N) is 1. The summed E-state index contributed by atoms with van der Waals surface area (Å²) in [6, 6.07) is 2.10. The molecule has 0 bridgehead atoms. The number of hydrogen-bond acceptors (Lipinski definition) is 2. The molecule has 0 unspecified atom stereocenters. The molecule has 0 spiro atoms. The highest BCUT2D eigenvalue weighted by molar-refractivity contribution is 5.45. The predicted molar refractivity (Wildman–Crippen MR) is 44.9 cm³/mol. The van der Waals surface area contributed by atoms with Crippen molar-refractivity contribution in [3.63, 3.8) is 0 Å². The van der Waals surface area contributed by atoms with E-state index in [0.717, 1.165) is 5.76 Å². The van der Waals surface area contributed by atoms with Crippen LogP contribution in [0.3, 0.4) is 0 Å². The summed E-state index contributed by atoms with van der Waals surface area (Å²) in [7, 11) is 0. The summed E-state index contributed by atoms with van der Waals surface area (Å²) in [6.45, 7) is 4.37. The molecule has 1 aliphatic rings. The number of rotatable bonds is 1. The molecule has 2 heteroatoms. The Morgan fingerprint density at radius 3 is 2.64 bits per heavy atom. The quantitative estimate of drug-likeness (QED) is 0.611. The minimum absolute atomic E-state index is 1.01. The third-order valence-corrected chi connectivity index (χ3v) is 2.19. The highest BCUT2D eigenvalue weighted by Crippen LogP contribution is 2.21. The molecular formula is C9H13NO. The summed E-state index contributed by atoms with van der Waals surface area (Å²) in [6.07, 6.45) is 4.50. The maximum Gasteiger partial charge on any atom is 0.114 e. The lowest BCUT2D eigenvalue weighted by molar-refractivity contribution is 0.534. The maximum absolute atomic E-state index is 5.24. The van der Waals surface area contributed by atoms with Crippen molar-refractivity contribution in [3.8, 4) is 0 Å². The van der Waals surface area contributed by atoms with Crippen LogP contribution in [0.1, 0.15) is 18.6 Å². The molecule has 1 aromatic heterocycles. The van der Waals surface area contributed by atoms with Crippen LogP contribution in [0.4, 0.5) is 5.69 Å². The van der Waals surface area contributed by atoms with Gasteiger partial charge in [-0.25, -0.2) is 0 Å². The Hall–Kier alpha value is -0.920. The van der Waals surface area contributed by atoms with Crippen molar-refractivity contribution in [2.75, 3.05) is 18.0 Å². The molecule has 2 rings (SSSR count). The highest BCUT2D eigenvalue weighted by atomic mass is 16.3. The van der Waals surface area contributed by atoms with Crippen LogP contribution in [0.5, 0.6) is 0 Å². The Bertz CT molecular complexity index is 235. The summed E-state index contributed by atoms with van der Waals surface area (Å²) in [4.78, 5) is 2.37. The van der Waals surface area contributed by atoms with Gasteiger partial charge >= 0.3 is 0 Å². The Kier molecular flexibility index (Phi) is 1.60. The molecule has 0 saturated carbocycles. The van der Waals surface area contributed by atoms with Crippen molar-refractivity contribution >= 4 is 5.69 Å². The SMILES string of the molecule is Cc1cc(N2CCCC2)co1. The van der Waals surface area contributed by atoms with Crippen molar-refractivity contribution in [1.29, 1.82) is 0 Å². The van der Waals surface area contributed by atoms with Crippen LogP contribution in [0.15, 0.2) is 16.7 Å². The van der Waals surface area contributed by atoms with E-state index in [1.807, 2.05) is 13.2 Å². The summed E-state index contributed by atoms with van der Waals surface area (Å²) in [5.41, 5.74) is 1.25. The Morgan fingerprint density at radius 1 is 1.36 bits per heavy atom. The van der Waals surface area contributed by atoms with Crippen LogP contribution in [-0.2, 0) is 0 Å². The van der Waals surface area contributed by atoms with Gasteiger partial charge in [0.25, 0.3) is 0 Å². The van der Waals surface area contributed by atoms with Gasteiger partial charge in [-0.3, -0.25) is 0 Å². The first kappa shape index (κ1) is 6.77. The molecule has 0 amide bonds. The summed E-state index contributed by atoms with van der Waals surface area (Å²) >= 11 is 0. The fourth-order valence-corrected chi connectivity index (χ4v) is 1.57. The average molecular weight is 151 g/mol. The molecule has 0 aromatic carbocycles. The number of aryl methyl sites for hydroxylation is 1. The van der Waals surface area contributed by atoms with E-state index in [1.165, 1.54) is 31.6 Å². The predicted octanol–water partition coefficient (Wildman–Crippen LogP) is 2.19. The van der Waals surface area contributed by atoms with Gasteiger partial charge in [0.05, 0.1) is 5.69 Å². The molecule has 2 nitrogen and oxygen atoms in total. The van der Waals surface area contributed by atoms with Crippen LogP contribution in [-0.4, -0.2) is 13.1 Å². The second-order valence-electron chi connectivity index (χ2n) is 3.11. The number of furan rings is 1. The third-order valence-electron chi connectivity index (χ3n) is 2.19. The van der Waals surface area contributed by atoms with Crippen molar-refractivity contribution in [3.05, 3.63) is 18.1 Å². The maximum atomic E-state index is 5.24. The summed E-state index contributed by atoms with van der Waals surface area (Å²) < 4.78 is 5.24. The first-order chi connectivity index (χ1) is 5.36. The van der Waals surface area contributed by atoms with Crippen molar-refractivity contribution in [1.82, 2.24) is 0 Å². The Morgan fingerprint density at radius 2 is 2.09 bits per heavy atom. The van der Waals surface area contributed by atoms with Gasteiger partial charge in [-0.2, -0.15) is 0 Å². The molecule has 1 fully saturated rings. The lowest BCUT2D eigenvalue weighted by Crippen LogP contribution is -2.16. The molecule has 1 aliphatic heterocycles. The van der Waals surface area contributed by atoms with E-state index in [0.29, 0.717) is 0 Å². The van der Waals surface area contributed by atoms with Crippen molar-refractivity contribution in [2.24, 2.45) is 0 Å². The van der Waals surface area contributed by atoms with Gasteiger partial charge in [0.2, 0.25) is 0 Å². The van der Waals surface area contributed by atoms with Gasteiger partial charge in [-0.15, -0.1) is 0 Å². The van der Waals surface area contributed by atoms with E-state index >= 15 is 0 Å². The number of anilines is 1. The molecule has 2 heterocycles. The highest BCUT2D eigenvalue weighted by Gasteiger charge is 2.13. The molecule has 1 aromatic rings. The molecule has 0 N–H and O–H groups in total. The minimum atomic E-state index is 1.01. The van der Waals surface area contributed by atoms with Crippen LogP contribution < -0.4 is 4.90 Å². The molecule has 0 atom stereocenters. The first-order valence-electron chi connectivity index (χ1n) is 4.16. The first-order valence-corrected chi connectivity index (χ1v) is 4.16. The largest absolute Gasteiger partial charge is 0.467 e. The van der Waals surface area contributed by atoms with E-state index in [4.69, 9.17) is 4.42 Å². The van der Waals surface area contributed by atoms with E-state index in [2.05, 4.69) is 11.0 Å². The van der Waals surface area contributed by atoms with Crippen LogP contribution in [0.2, 0.25) is 0 Å². The van der Waals surface area contributed by atoms with Crippen LogP contribution in [0, 0.1) is 6.92 Å². The lowest BCUT2D eigenvalue weighted by Gasteiger charge is -2.13. The fourth-order valence-electron chi connectivity index (χ4n) is 1.57. The van der Waals surface area contributed by atoms with Gasteiger partial charge in [0, 0.05) is 19.2 Å². The van der Waals surface area contributed by atoms with Crippen molar-refractivity contribution in [2.45, 2.75) is 19.8 Å². The van der Waals surface area contributed by atoms with Gasteiger partial charge in [-0.1, -0.05) is 0 Å². The van der Waals surface area contributed by atoms with E-state index < -0.39 is 0 Å². The smallest absolute Gasteiger partial charge is 0.114 e. The fraction of sp³-hybridized carbons (Fsp3) is 0.556. The van der Waals surface area contributed by atoms with E-state index in [9.17, 15) is 0 Å². The molecule has 1 saturated heterocycles.